The molecule has 1 atom stereocenters. The first-order valence-electron chi connectivity index (χ1n) is 6.45. The molecule has 21 heavy (non-hydrogen) atoms. The van der Waals surface area contributed by atoms with E-state index in [-0.39, 0.29) is 30.6 Å². The van der Waals surface area contributed by atoms with Crippen LogP contribution in [0.15, 0.2) is 24.3 Å². The van der Waals surface area contributed by atoms with E-state index in [0.717, 1.165) is 0 Å². The molecule has 0 spiro atoms. The Morgan fingerprint density at radius 2 is 2.05 bits per heavy atom. The van der Waals surface area contributed by atoms with Gasteiger partial charge in [-0.2, -0.15) is 8.78 Å². The number of ether oxygens (including phenoxy) is 1. The fourth-order valence-corrected chi connectivity index (χ4v) is 1.77. The van der Waals surface area contributed by atoms with Crippen molar-refractivity contribution in [2.75, 3.05) is 0 Å². The molecule has 0 unspecified atom stereocenters. The Kier molecular flexibility index (Phi) is 8.89. The second-order valence-electron chi connectivity index (χ2n) is 4.98. The van der Waals surface area contributed by atoms with Gasteiger partial charge in [-0.15, -0.1) is 12.4 Å². The molecule has 1 amide bonds. The number of nitrogens with two attached hydrogens (primary N) is 1. The van der Waals surface area contributed by atoms with Gasteiger partial charge in [-0.1, -0.05) is 26.0 Å². The van der Waals surface area contributed by atoms with Crippen LogP contribution < -0.4 is 15.8 Å². The van der Waals surface area contributed by atoms with Crippen molar-refractivity contribution in [1.82, 2.24) is 5.32 Å². The zero-order valence-corrected chi connectivity index (χ0v) is 12.8. The number of nitrogens with one attached hydrogen (secondary N) is 1. The molecule has 3 N–H and O–H groups in total. The highest BCUT2D eigenvalue weighted by atomic mass is 35.5. The monoisotopic (exact) mass is 322 g/mol. The maximum atomic E-state index is 12.1. The van der Waals surface area contributed by atoms with Crippen LogP contribution >= 0.6 is 12.4 Å². The first-order chi connectivity index (χ1) is 9.38. The van der Waals surface area contributed by atoms with Crippen LogP contribution in [0.25, 0.3) is 0 Å². The molecule has 0 radical (unpaired) electrons. The molecule has 0 aliphatic carbocycles. The average molecular weight is 323 g/mol. The fourth-order valence-electron chi connectivity index (χ4n) is 1.77. The first kappa shape index (κ1) is 19.6. The summed E-state index contributed by atoms with van der Waals surface area (Å²) in [6.07, 6.45) is 0.598. The Morgan fingerprint density at radius 3 is 2.62 bits per heavy atom. The van der Waals surface area contributed by atoms with Gasteiger partial charge >= 0.3 is 6.61 Å². The van der Waals surface area contributed by atoms with Gasteiger partial charge in [0.2, 0.25) is 5.91 Å². The minimum atomic E-state index is -2.86. The number of alkyl halides is 2. The van der Waals surface area contributed by atoms with Crippen molar-refractivity contribution in [1.29, 1.82) is 0 Å². The van der Waals surface area contributed by atoms with Crippen molar-refractivity contribution in [3.63, 3.8) is 0 Å². The highest BCUT2D eigenvalue weighted by molar-refractivity contribution is 5.85. The Labute approximate surface area is 129 Å². The molecule has 1 aromatic carbocycles. The number of amides is 1. The fraction of sp³-hybridized carbons (Fsp3) is 0.500. The van der Waals surface area contributed by atoms with Gasteiger partial charge in [0, 0.05) is 6.54 Å². The summed E-state index contributed by atoms with van der Waals surface area (Å²) in [6, 6.07) is 5.64. The minimum absolute atomic E-state index is 0. The molecule has 0 fully saturated rings. The van der Waals surface area contributed by atoms with E-state index in [2.05, 4.69) is 10.1 Å². The number of carbonyl (C=O) groups excluding carboxylic acids is 1. The third-order valence-electron chi connectivity index (χ3n) is 2.65. The summed E-state index contributed by atoms with van der Waals surface area (Å²) in [5, 5.41) is 2.68. The largest absolute Gasteiger partial charge is 0.435 e. The van der Waals surface area contributed by atoms with Crippen LogP contribution in [0.4, 0.5) is 8.78 Å². The summed E-state index contributed by atoms with van der Waals surface area (Å²) in [4.78, 5) is 11.7. The number of hydrogen-bond acceptors (Lipinski definition) is 3. The quantitative estimate of drug-likeness (QED) is 0.811. The van der Waals surface area contributed by atoms with Crippen molar-refractivity contribution in [2.24, 2.45) is 11.7 Å². The predicted molar refractivity (Wildman–Crippen MR) is 79.6 cm³/mol. The van der Waals surface area contributed by atoms with Crippen molar-refractivity contribution in [3.8, 4) is 5.75 Å². The molecule has 120 valence electrons. The summed E-state index contributed by atoms with van der Waals surface area (Å²) in [6.45, 7) is 1.33. The van der Waals surface area contributed by atoms with Gasteiger partial charge in [0.15, 0.2) is 0 Å². The summed E-state index contributed by atoms with van der Waals surface area (Å²) in [7, 11) is 0. The van der Waals surface area contributed by atoms with Crippen LogP contribution in [-0.2, 0) is 11.3 Å². The van der Waals surface area contributed by atoms with E-state index < -0.39 is 12.7 Å². The maximum Gasteiger partial charge on any atom is 0.387 e. The number of halogens is 3. The van der Waals surface area contributed by atoms with E-state index in [9.17, 15) is 13.6 Å². The average Bonchev–Trinajstić information content (AvgIpc) is 2.34. The van der Waals surface area contributed by atoms with Crippen LogP contribution in [0.2, 0.25) is 0 Å². The lowest BCUT2D eigenvalue weighted by Crippen LogP contribution is -2.41. The molecule has 0 aliphatic heterocycles. The van der Waals surface area contributed by atoms with Crippen molar-refractivity contribution < 1.29 is 18.3 Å². The number of hydrogen-bond donors (Lipinski definition) is 2. The summed E-state index contributed by atoms with van der Waals surface area (Å²) in [5.41, 5.74) is 6.42. The van der Waals surface area contributed by atoms with Gasteiger partial charge in [0.1, 0.15) is 5.75 Å². The smallest absolute Gasteiger partial charge is 0.387 e. The van der Waals surface area contributed by atoms with Gasteiger partial charge in [0.25, 0.3) is 0 Å². The molecule has 1 aromatic rings. The van der Waals surface area contributed by atoms with Gasteiger partial charge in [-0.25, -0.2) is 0 Å². The van der Waals surface area contributed by atoms with Crippen LogP contribution in [-0.4, -0.2) is 18.6 Å². The standard InChI is InChI=1S/C14H20F2N2O2.ClH/c1-9(2)6-12(17)13(19)18-8-10-4-3-5-11(7-10)20-14(15)16;/h3-5,7,9,12,14H,6,8,17H2,1-2H3,(H,18,19);1H/t12-;/m0./s1. The Bertz CT molecular complexity index is 445. The summed E-state index contributed by atoms with van der Waals surface area (Å²) in [5.74, 6) is 0.149. The third kappa shape index (κ3) is 7.82. The van der Waals surface area contributed by atoms with E-state index in [1.165, 1.54) is 12.1 Å². The highest BCUT2D eigenvalue weighted by Crippen LogP contribution is 2.15. The van der Waals surface area contributed by atoms with Crippen molar-refractivity contribution >= 4 is 18.3 Å². The molecular weight excluding hydrogens is 302 g/mol. The molecule has 1 rings (SSSR count). The molecule has 0 saturated carbocycles. The van der Waals surface area contributed by atoms with Crippen LogP contribution in [0, 0.1) is 5.92 Å². The lowest BCUT2D eigenvalue weighted by Gasteiger charge is -2.14. The minimum Gasteiger partial charge on any atom is -0.435 e. The van der Waals surface area contributed by atoms with E-state index in [1.54, 1.807) is 12.1 Å². The number of benzene rings is 1. The van der Waals surface area contributed by atoms with E-state index in [0.29, 0.717) is 17.9 Å². The van der Waals surface area contributed by atoms with Crippen LogP contribution in [0.5, 0.6) is 5.75 Å². The van der Waals surface area contributed by atoms with Gasteiger partial charge in [-0.05, 0) is 30.0 Å². The van der Waals surface area contributed by atoms with Crippen LogP contribution in [0.1, 0.15) is 25.8 Å². The molecule has 0 heterocycles. The zero-order chi connectivity index (χ0) is 15.1. The Hall–Kier alpha value is -1.40. The van der Waals surface area contributed by atoms with Gasteiger partial charge < -0.3 is 15.8 Å². The van der Waals surface area contributed by atoms with Gasteiger partial charge in [0.05, 0.1) is 6.04 Å². The number of carbonyl (C=O) groups is 1. The molecule has 0 aliphatic rings. The van der Waals surface area contributed by atoms with Crippen molar-refractivity contribution in [3.05, 3.63) is 29.8 Å². The van der Waals surface area contributed by atoms with Crippen molar-refractivity contribution in [2.45, 2.75) is 39.5 Å². The topological polar surface area (TPSA) is 64.4 Å². The molecule has 0 aromatic heterocycles. The third-order valence-corrected chi connectivity index (χ3v) is 2.65. The molecule has 4 nitrogen and oxygen atoms in total. The lowest BCUT2D eigenvalue weighted by molar-refractivity contribution is -0.122. The SMILES string of the molecule is CC(C)C[C@H](N)C(=O)NCc1cccc(OC(F)F)c1.Cl. The van der Waals surface area contributed by atoms with E-state index >= 15 is 0 Å². The normalized spacial score (nSPS) is 12.0. The zero-order valence-electron chi connectivity index (χ0n) is 12.0. The predicted octanol–water partition coefficient (Wildman–Crippen LogP) is 2.70. The lowest BCUT2D eigenvalue weighted by atomic mass is 10.0. The molecular formula is C14H21ClF2N2O2. The second kappa shape index (κ2) is 9.52. The first-order valence-corrected chi connectivity index (χ1v) is 6.45. The highest BCUT2D eigenvalue weighted by Gasteiger charge is 2.14. The van der Waals surface area contributed by atoms with Gasteiger partial charge in [-0.3, -0.25) is 4.79 Å². The van der Waals surface area contributed by atoms with E-state index in [4.69, 9.17) is 5.73 Å². The molecule has 7 heteroatoms. The Morgan fingerprint density at radius 1 is 1.38 bits per heavy atom. The maximum absolute atomic E-state index is 12.1. The molecule has 0 saturated heterocycles. The summed E-state index contributed by atoms with van der Waals surface area (Å²) < 4.78 is 28.5. The Balaban J connectivity index is 0.00000400. The second-order valence-corrected chi connectivity index (χ2v) is 4.98. The number of rotatable bonds is 7. The van der Waals surface area contributed by atoms with Crippen LogP contribution in [0.3, 0.4) is 0 Å². The molecule has 0 bridgehead atoms. The van der Waals surface area contributed by atoms with E-state index in [1.807, 2.05) is 13.8 Å². The summed E-state index contributed by atoms with van der Waals surface area (Å²) >= 11 is 0.